The minimum absolute atomic E-state index is 0.445. The van der Waals surface area contributed by atoms with Gasteiger partial charge in [-0.05, 0) is 48.7 Å². The molecule has 0 bridgehead atoms. The van der Waals surface area contributed by atoms with Crippen LogP contribution in [0.3, 0.4) is 0 Å². The standard InChI is InChI=1S/C21H20N2O3/c1-12(2)14-5-7-15(8-6-14)21-22-20(23-26-21)19-13(3)17-11-16(24-4)9-10-18(17)25-19/h5-12H,1-4H3. The molecule has 0 atom stereocenters. The summed E-state index contributed by atoms with van der Waals surface area (Å²) in [4.78, 5) is 4.52. The number of aromatic nitrogens is 2. The van der Waals surface area contributed by atoms with Gasteiger partial charge in [-0.25, -0.2) is 0 Å². The number of nitrogens with zero attached hydrogens (tertiary/aromatic N) is 2. The molecule has 4 rings (SSSR count). The Labute approximate surface area is 151 Å². The number of fused-ring (bicyclic) bond motifs is 1. The first-order valence-corrected chi connectivity index (χ1v) is 8.58. The van der Waals surface area contributed by atoms with Gasteiger partial charge in [-0.1, -0.05) is 31.1 Å². The number of hydrogen-bond acceptors (Lipinski definition) is 5. The predicted octanol–water partition coefficient (Wildman–Crippen LogP) is 5.59. The molecule has 0 spiro atoms. The average molecular weight is 348 g/mol. The third-order valence-corrected chi connectivity index (χ3v) is 4.60. The lowest BCUT2D eigenvalue weighted by Gasteiger charge is -2.04. The zero-order valence-electron chi connectivity index (χ0n) is 15.2. The second-order valence-electron chi connectivity index (χ2n) is 6.62. The van der Waals surface area contributed by atoms with E-state index in [4.69, 9.17) is 13.7 Å². The molecule has 5 heteroatoms. The van der Waals surface area contributed by atoms with Crippen LogP contribution in [0.5, 0.6) is 5.75 Å². The molecule has 0 unspecified atom stereocenters. The first-order valence-electron chi connectivity index (χ1n) is 8.58. The molecule has 2 aromatic carbocycles. The van der Waals surface area contributed by atoms with Gasteiger partial charge in [-0.2, -0.15) is 4.98 Å². The maximum Gasteiger partial charge on any atom is 0.258 e. The van der Waals surface area contributed by atoms with Crippen molar-refractivity contribution in [1.29, 1.82) is 0 Å². The van der Waals surface area contributed by atoms with Crippen LogP contribution < -0.4 is 4.74 Å². The van der Waals surface area contributed by atoms with Crippen molar-refractivity contribution < 1.29 is 13.7 Å². The zero-order valence-corrected chi connectivity index (χ0v) is 15.2. The van der Waals surface area contributed by atoms with Crippen molar-refractivity contribution in [3.63, 3.8) is 0 Å². The molecular weight excluding hydrogens is 328 g/mol. The topological polar surface area (TPSA) is 61.3 Å². The Hall–Kier alpha value is -3.08. The lowest BCUT2D eigenvalue weighted by atomic mass is 10.0. The van der Waals surface area contributed by atoms with E-state index in [-0.39, 0.29) is 0 Å². The Bertz CT molecular complexity index is 1060. The number of aryl methyl sites for hydroxylation is 1. The molecule has 0 aliphatic rings. The zero-order chi connectivity index (χ0) is 18.3. The maximum atomic E-state index is 5.94. The van der Waals surface area contributed by atoms with Crippen molar-refractivity contribution in [2.24, 2.45) is 0 Å². The van der Waals surface area contributed by atoms with Gasteiger partial charge in [0.1, 0.15) is 11.3 Å². The van der Waals surface area contributed by atoms with E-state index in [1.807, 2.05) is 37.3 Å². The molecule has 2 heterocycles. The van der Waals surface area contributed by atoms with Crippen LogP contribution in [0.1, 0.15) is 30.9 Å². The lowest BCUT2D eigenvalue weighted by Crippen LogP contribution is -1.87. The van der Waals surface area contributed by atoms with E-state index < -0.39 is 0 Å². The van der Waals surface area contributed by atoms with Crippen LogP contribution in [0.25, 0.3) is 34.0 Å². The van der Waals surface area contributed by atoms with Crippen molar-refractivity contribution in [1.82, 2.24) is 10.1 Å². The quantitative estimate of drug-likeness (QED) is 0.481. The highest BCUT2D eigenvalue weighted by atomic mass is 16.5. The van der Waals surface area contributed by atoms with Crippen LogP contribution in [0.15, 0.2) is 51.4 Å². The summed E-state index contributed by atoms with van der Waals surface area (Å²) >= 11 is 0. The number of hydrogen-bond donors (Lipinski definition) is 0. The molecule has 0 fully saturated rings. The van der Waals surface area contributed by atoms with Crippen molar-refractivity contribution in [3.8, 4) is 28.8 Å². The Balaban J connectivity index is 1.71. The summed E-state index contributed by atoms with van der Waals surface area (Å²) in [6.07, 6.45) is 0. The molecule has 0 amide bonds. The lowest BCUT2D eigenvalue weighted by molar-refractivity contribution is 0.415. The van der Waals surface area contributed by atoms with Crippen LogP contribution in [0.4, 0.5) is 0 Å². The number of benzene rings is 2. The minimum Gasteiger partial charge on any atom is -0.497 e. The van der Waals surface area contributed by atoms with Gasteiger partial charge in [0.05, 0.1) is 7.11 Å². The summed E-state index contributed by atoms with van der Waals surface area (Å²) in [5, 5.41) is 5.09. The smallest absolute Gasteiger partial charge is 0.258 e. The number of rotatable bonds is 4. The van der Waals surface area contributed by atoms with Crippen LogP contribution in [0.2, 0.25) is 0 Å². The highest BCUT2D eigenvalue weighted by Gasteiger charge is 2.19. The first kappa shape index (κ1) is 16.4. The summed E-state index contributed by atoms with van der Waals surface area (Å²) in [7, 11) is 1.65. The molecule has 2 aromatic heterocycles. The van der Waals surface area contributed by atoms with Crippen molar-refractivity contribution in [2.45, 2.75) is 26.7 Å². The summed E-state index contributed by atoms with van der Waals surface area (Å²) in [5.41, 5.74) is 3.89. The molecule has 132 valence electrons. The van der Waals surface area contributed by atoms with Crippen LogP contribution in [-0.2, 0) is 0 Å². The fourth-order valence-corrected chi connectivity index (χ4v) is 2.98. The second kappa shape index (κ2) is 6.33. The minimum atomic E-state index is 0.445. The largest absolute Gasteiger partial charge is 0.497 e. The van der Waals surface area contributed by atoms with Gasteiger partial charge in [0, 0.05) is 16.5 Å². The first-order chi connectivity index (χ1) is 12.6. The fourth-order valence-electron chi connectivity index (χ4n) is 2.98. The van der Waals surface area contributed by atoms with Crippen molar-refractivity contribution >= 4 is 11.0 Å². The third kappa shape index (κ3) is 2.75. The van der Waals surface area contributed by atoms with Crippen molar-refractivity contribution in [3.05, 3.63) is 53.6 Å². The van der Waals surface area contributed by atoms with E-state index in [2.05, 4.69) is 36.1 Å². The molecule has 0 saturated carbocycles. The second-order valence-corrected chi connectivity index (χ2v) is 6.62. The SMILES string of the molecule is COc1ccc2oc(-c3noc(-c4ccc(C(C)C)cc4)n3)c(C)c2c1. The molecule has 0 N–H and O–H groups in total. The predicted molar refractivity (Wildman–Crippen MR) is 100 cm³/mol. The van der Waals surface area contributed by atoms with E-state index >= 15 is 0 Å². The van der Waals surface area contributed by atoms with E-state index in [9.17, 15) is 0 Å². The van der Waals surface area contributed by atoms with Gasteiger partial charge in [-0.15, -0.1) is 0 Å². The van der Waals surface area contributed by atoms with E-state index in [1.54, 1.807) is 7.11 Å². The monoisotopic (exact) mass is 348 g/mol. The van der Waals surface area contributed by atoms with Crippen LogP contribution in [-0.4, -0.2) is 17.3 Å². The fraction of sp³-hybridized carbons (Fsp3) is 0.238. The summed E-state index contributed by atoms with van der Waals surface area (Å²) in [5.74, 6) is 2.81. The van der Waals surface area contributed by atoms with Gasteiger partial charge in [-0.3, -0.25) is 0 Å². The molecule has 4 aromatic rings. The molecule has 0 radical (unpaired) electrons. The van der Waals surface area contributed by atoms with E-state index in [0.29, 0.717) is 23.4 Å². The number of methoxy groups -OCH3 is 1. The summed E-state index contributed by atoms with van der Waals surface area (Å²) in [6.45, 7) is 6.31. The van der Waals surface area contributed by atoms with E-state index in [0.717, 1.165) is 27.8 Å². The molecule has 5 nitrogen and oxygen atoms in total. The van der Waals surface area contributed by atoms with Crippen LogP contribution in [0, 0.1) is 6.92 Å². The Morgan fingerprint density at radius 3 is 2.50 bits per heavy atom. The average Bonchev–Trinajstić information content (AvgIpc) is 3.26. The highest BCUT2D eigenvalue weighted by Crippen LogP contribution is 2.34. The number of furan rings is 1. The van der Waals surface area contributed by atoms with Gasteiger partial charge < -0.3 is 13.7 Å². The number of ether oxygens (including phenoxy) is 1. The summed E-state index contributed by atoms with van der Waals surface area (Å²) < 4.78 is 16.7. The molecule has 26 heavy (non-hydrogen) atoms. The van der Waals surface area contributed by atoms with Gasteiger partial charge in [0.15, 0.2) is 5.76 Å². The summed E-state index contributed by atoms with van der Waals surface area (Å²) in [6, 6.07) is 13.9. The third-order valence-electron chi connectivity index (χ3n) is 4.60. The maximum absolute atomic E-state index is 5.94. The normalized spacial score (nSPS) is 11.4. The van der Waals surface area contributed by atoms with Crippen LogP contribution >= 0.6 is 0 Å². The molecule has 0 saturated heterocycles. The Morgan fingerprint density at radius 2 is 1.81 bits per heavy atom. The van der Waals surface area contributed by atoms with Crippen molar-refractivity contribution in [2.75, 3.05) is 7.11 Å². The van der Waals surface area contributed by atoms with Gasteiger partial charge in [0.2, 0.25) is 5.82 Å². The van der Waals surface area contributed by atoms with Gasteiger partial charge >= 0.3 is 0 Å². The Kier molecular flexibility index (Phi) is 3.99. The highest BCUT2D eigenvalue weighted by molar-refractivity contribution is 5.87. The van der Waals surface area contributed by atoms with E-state index in [1.165, 1.54) is 5.56 Å². The molecule has 0 aliphatic carbocycles. The molecular formula is C21H20N2O3. The Morgan fingerprint density at radius 1 is 1.04 bits per heavy atom. The molecule has 0 aliphatic heterocycles. The van der Waals surface area contributed by atoms with Gasteiger partial charge in [0.25, 0.3) is 5.89 Å².